The third-order valence-electron chi connectivity index (χ3n) is 5.33. The van der Waals surface area contributed by atoms with Crippen LogP contribution >= 0.6 is 0 Å². The predicted octanol–water partition coefficient (Wildman–Crippen LogP) is 6.52. The lowest BCUT2D eigenvalue weighted by atomic mass is 10.1. The maximum atomic E-state index is 5.91. The minimum absolute atomic E-state index is 0.694. The second-order valence-corrected chi connectivity index (χ2v) is 17.0. The lowest BCUT2D eigenvalue weighted by molar-refractivity contribution is 0.365. The van der Waals surface area contributed by atoms with E-state index in [1.807, 2.05) is 14.2 Å². The molecule has 0 saturated carbocycles. The van der Waals surface area contributed by atoms with Crippen molar-refractivity contribution in [1.82, 2.24) is 0 Å². The minimum Gasteiger partial charge on any atom is -0.420 e. The molecule has 0 aliphatic rings. The summed E-state index contributed by atoms with van der Waals surface area (Å²) in [5.74, 6) is 0. The molecule has 2 nitrogen and oxygen atoms in total. The molecular formula is C18H42O2Si2. The van der Waals surface area contributed by atoms with Gasteiger partial charge in [-0.15, -0.1) is 0 Å². The molecule has 0 aromatic carbocycles. The molecule has 0 aromatic rings. The summed E-state index contributed by atoms with van der Waals surface area (Å²) in [6, 6.07) is 0. The molecule has 0 unspecified atom stereocenters. The Labute approximate surface area is 142 Å². The first-order valence-corrected chi connectivity index (χ1v) is 15.4. The number of rotatable bonds is 14. The Morgan fingerprint density at radius 2 is 1.00 bits per heavy atom. The number of hydrogen-bond donors (Lipinski definition) is 0. The Bertz CT molecular complexity index is 252. The molecule has 0 radical (unpaired) electrons. The maximum absolute atomic E-state index is 5.91. The number of hydrogen-bond acceptors (Lipinski definition) is 2. The molecule has 4 heteroatoms. The molecule has 0 fully saturated rings. The van der Waals surface area contributed by atoms with Crippen LogP contribution in [0.15, 0.2) is 0 Å². The van der Waals surface area contributed by atoms with Gasteiger partial charge in [0.2, 0.25) is 0 Å². The van der Waals surface area contributed by atoms with Gasteiger partial charge in [-0.25, -0.2) is 0 Å². The van der Waals surface area contributed by atoms with Crippen molar-refractivity contribution in [2.75, 3.05) is 14.2 Å². The summed E-state index contributed by atoms with van der Waals surface area (Å²) >= 11 is 0. The van der Waals surface area contributed by atoms with Crippen LogP contribution in [0.3, 0.4) is 0 Å². The van der Waals surface area contributed by atoms with Crippen molar-refractivity contribution in [2.45, 2.75) is 102 Å². The van der Waals surface area contributed by atoms with Crippen molar-refractivity contribution >= 4 is 16.6 Å². The van der Waals surface area contributed by atoms with Crippen molar-refractivity contribution in [3.05, 3.63) is 0 Å². The van der Waals surface area contributed by atoms with Gasteiger partial charge in [-0.3, -0.25) is 0 Å². The van der Waals surface area contributed by atoms with E-state index in [0.717, 1.165) is 0 Å². The molecule has 0 heterocycles. The van der Waals surface area contributed by atoms with E-state index in [1.54, 1.807) is 0 Å². The lowest BCUT2D eigenvalue weighted by Crippen LogP contribution is -2.50. The van der Waals surface area contributed by atoms with Crippen LogP contribution in [0.1, 0.15) is 71.1 Å². The quantitative estimate of drug-likeness (QED) is 0.263. The second kappa shape index (κ2) is 11.8. The maximum Gasteiger partial charge on any atom is 0.188 e. The molecule has 134 valence electrons. The Morgan fingerprint density at radius 1 is 0.636 bits per heavy atom. The van der Waals surface area contributed by atoms with E-state index in [9.17, 15) is 0 Å². The molecule has 0 saturated heterocycles. The molecule has 0 spiro atoms. The highest BCUT2D eigenvalue weighted by Gasteiger charge is 2.44. The van der Waals surface area contributed by atoms with Gasteiger partial charge in [-0.2, -0.15) is 0 Å². The van der Waals surface area contributed by atoms with Crippen LogP contribution in [0.5, 0.6) is 0 Å². The van der Waals surface area contributed by atoms with Crippen LogP contribution in [-0.2, 0) is 8.85 Å². The highest BCUT2D eigenvalue weighted by Crippen LogP contribution is 2.37. The number of unbranched alkanes of at least 4 members (excludes halogenated alkanes) is 8. The van der Waals surface area contributed by atoms with E-state index < -0.39 is 16.6 Å². The fourth-order valence-electron chi connectivity index (χ4n) is 3.48. The summed E-state index contributed by atoms with van der Waals surface area (Å²) < 4.78 is 11.8. The van der Waals surface area contributed by atoms with Gasteiger partial charge in [0, 0.05) is 14.2 Å². The van der Waals surface area contributed by atoms with Crippen molar-refractivity contribution < 1.29 is 8.85 Å². The molecule has 0 aromatic heterocycles. The van der Waals surface area contributed by atoms with E-state index in [1.165, 1.54) is 64.2 Å². The lowest BCUT2D eigenvalue weighted by Gasteiger charge is -2.39. The SMILES string of the molecule is CCCCCCCCCCCC([Si](C)(C)OC)[Si](C)(C)OC. The van der Waals surface area contributed by atoms with Crippen molar-refractivity contribution in [3.8, 4) is 0 Å². The van der Waals surface area contributed by atoms with Gasteiger partial charge in [0.15, 0.2) is 16.6 Å². The molecule has 0 aliphatic carbocycles. The molecule has 0 atom stereocenters. The van der Waals surface area contributed by atoms with Crippen LogP contribution in [0, 0.1) is 0 Å². The van der Waals surface area contributed by atoms with Gasteiger partial charge in [-0.1, -0.05) is 71.1 Å². The molecule has 0 amide bonds. The fourth-order valence-corrected chi connectivity index (χ4v) is 13.2. The zero-order chi connectivity index (χ0) is 17.1. The summed E-state index contributed by atoms with van der Waals surface area (Å²) in [6.07, 6.45) is 13.9. The van der Waals surface area contributed by atoms with Crippen LogP contribution in [0.2, 0.25) is 31.4 Å². The largest absolute Gasteiger partial charge is 0.420 e. The predicted molar refractivity (Wildman–Crippen MR) is 105 cm³/mol. The first-order valence-electron chi connectivity index (χ1n) is 9.42. The Balaban J connectivity index is 4.01. The average Bonchev–Trinajstić information content (AvgIpc) is 2.48. The van der Waals surface area contributed by atoms with Crippen molar-refractivity contribution in [1.29, 1.82) is 0 Å². The highest BCUT2D eigenvalue weighted by molar-refractivity contribution is 6.91. The minimum atomic E-state index is -1.62. The van der Waals surface area contributed by atoms with Crippen molar-refractivity contribution in [3.63, 3.8) is 0 Å². The molecule has 22 heavy (non-hydrogen) atoms. The average molecular weight is 347 g/mol. The molecule has 0 aliphatic heterocycles. The van der Waals surface area contributed by atoms with Gasteiger partial charge in [0.25, 0.3) is 0 Å². The zero-order valence-electron chi connectivity index (χ0n) is 16.5. The molecular weight excluding hydrogens is 304 g/mol. The van der Waals surface area contributed by atoms with E-state index in [-0.39, 0.29) is 0 Å². The topological polar surface area (TPSA) is 18.5 Å². The van der Waals surface area contributed by atoms with Crippen molar-refractivity contribution in [2.24, 2.45) is 0 Å². The van der Waals surface area contributed by atoms with E-state index in [4.69, 9.17) is 8.85 Å². The first kappa shape index (κ1) is 22.4. The molecule has 0 bridgehead atoms. The third-order valence-corrected chi connectivity index (χ3v) is 15.5. The van der Waals surface area contributed by atoms with Gasteiger partial charge in [-0.05, 0) is 31.4 Å². The standard InChI is InChI=1S/C18H42O2Si2/c1-8-9-10-11-12-13-14-15-16-17-18(21(4,5)19-2)22(6,7)20-3/h18H,8-17H2,1-7H3. The van der Waals surface area contributed by atoms with E-state index in [2.05, 4.69) is 33.1 Å². The van der Waals surface area contributed by atoms with E-state index in [0.29, 0.717) is 5.16 Å². The smallest absolute Gasteiger partial charge is 0.188 e. The summed E-state index contributed by atoms with van der Waals surface area (Å²) in [4.78, 5) is 0. The second-order valence-electron chi connectivity index (χ2n) is 7.78. The summed E-state index contributed by atoms with van der Waals surface area (Å²) in [7, 11) is 0.563. The van der Waals surface area contributed by atoms with Gasteiger partial charge in [0.05, 0.1) is 0 Å². The van der Waals surface area contributed by atoms with Crippen LogP contribution < -0.4 is 0 Å². The van der Waals surface area contributed by atoms with Crippen LogP contribution in [0.25, 0.3) is 0 Å². The zero-order valence-corrected chi connectivity index (χ0v) is 18.5. The third kappa shape index (κ3) is 8.85. The van der Waals surface area contributed by atoms with Crippen LogP contribution in [-0.4, -0.2) is 30.9 Å². The highest BCUT2D eigenvalue weighted by atomic mass is 28.4. The summed E-state index contributed by atoms with van der Waals surface area (Å²) in [6.45, 7) is 11.7. The normalized spacial score (nSPS) is 13.1. The summed E-state index contributed by atoms with van der Waals surface area (Å²) in [5, 5.41) is 0.694. The van der Waals surface area contributed by atoms with Gasteiger partial charge < -0.3 is 8.85 Å². The Hall–Kier alpha value is 0.354. The Kier molecular flexibility index (Phi) is 12.0. The van der Waals surface area contributed by atoms with Gasteiger partial charge in [0.1, 0.15) is 0 Å². The Morgan fingerprint density at radius 3 is 1.36 bits per heavy atom. The molecule has 0 N–H and O–H groups in total. The van der Waals surface area contributed by atoms with Crippen LogP contribution in [0.4, 0.5) is 0 Å². The van der Waals surface area contributed by atoms with Gasteiger partial charge >= 0.3 is 0 Å². The first-order chi connectivity index (χ1) is 10.3. The monoisotopic (exact) mass is 346 g/mol. The summed E-state index contributed by atoms with van der Waals surface area (Å²) in [5.41, 5.74) is 0. The molecule has 0 rings (SSSR count). The van der Waals surface area contributed by atoms with E-state index >= 15 is 0 Å². The fraction of sp³-hybridized carbons (Fsp3) is 1.00.